The van der Waals surface area contributed by atoms with Gasteiger partial charge in [-0.2, -0.15) is 0 Å². The van der Waals surface area contributed by atoms with Crippen LogP contribution in [0.4, 0.5) is 0 Å². The third-order valence-electron chi connectivity index (χ3n) is 4.30. The lowest BCUT2D eigenvalue weighted by Gasteiger charge is -2.25. The zero-order valence-corrected chi connectivity index (χ0v) is 12.4. The van der Waals surface area contributed by atoms with Crippen LogP contribution in [0.1, 0.15) is 41.9 Å². The average Bonchev–Trinajstić information content (AvgIpc) is 2.88. The molecule has 3 rings (SSSR count). The second-order valence-corrected chi connectivity index (χ2v) is 5.65. The summed E-state index contributed by atoms with van der Waals surface area (Å²) in [5, 5.41) is 3.63. The first-order chi connectivity index (χ1) is 9.78. The van der Waals surface area contributed by atoms with E-state index in [9.17, 15) is 0 Å². The van der Waals surface area contributed by atoms with E-state index in [0.29, 0.717) is 6.04 Å². The summed E-state index contributed by atoms with van der Waals surface area (Å²) in [4.78, 5) is 4.51. The standard InChI is InChI=1S/C17H23N3/c1-3-13-4-6-14(7-5-13)8-9-15-17-16(10-11-18-15)19-12-20(17)2/h4-7,12,15,18H,3,8-11H2,1-2H3. The minimum absolute atomic E-state index is 0.442. The van der Waals surface area contributed by atoms with E-state index >= 15 is 0 Å². The van der Waals surface area contributed by atoms with Crippen molar-refractivity contribution in [3.8, 4) is 0 Å². The Hall–Kier alpha value is -1.61. The molecule has 0 spiro atoms. The van der Waals surface area contributed by atoms with Crippen molar-refractivity contribution in [1.82, 2.24) is 14.9 Å². The molecule has 2 heterocycles. The first-order valence-corrected chi connectivity index (χ1v) is 7.59. The number of rotatable bonds is 4. The molecule has 0 fully saturated rings. The Labute approximate surface area is 121 Å². The molecular formula is C17H23N3. The minimum atomic E-state index is 0.442. The molecule has 1 aliphatic heterocycles. The van der Waals surface area contributed by atoms with Gasteiger partial charge in [0.2, 0.25) is 0 Å². The maximum absolute atomic E-state index is 4.51. The quantitative estimate of drug-likeness (QED) is 0.925. The summed E-state index contributed by atoms with van der Waals surface area (Å²) in [5.41, 5.74) is 5.50. The van der Waals surface area contributed by atoms with Gasteiger partial charge in [0.1, 0.15) is 0 Å². The zero-order chi connectivity index (χ0) is 13.9. The molecule has 3 heteroatoms. The van der Waals surface area contributed by atoms with Crippen molar-refractivity contribution in [2.24, 2.45) is 7.05 Å². The third kappa shape index (κ3) is 2.63. The van der Waals surface area contributed by atoms with Gasteiger partial charge in [0.05, 0.1) is 17.7 Å². The number of nitrogens with zero attached hydrogens (tertiary/aromatic N) is 2. The molecule has 0 saturated carbocycles. The molecule has 1 N–H and O–H groups in total. The number of aromatic nitrogens is 2. The van der Waals surface area contributed by atoms with Crippen molar-refractivity contribution in [1.29, 1.82) is 0 Å². The van der Waals surface area contributed by atoms with Crippen LogP contribution in [0.2, 0.25) is 0 Å². The molecule has 0 amide bonds. The van der Waals surface area contributed by atoms with Gasteiger partial charge in [-0.3, -0.25) is 0 Å². The van der Waals surface area contributed by atoms with E-state index in [1.807, 2.05) is 6.33 Å². The molecule has 0 aliphatic carbocycles. The fourth-order valence-electron chi connectivity index (χ4n) is 3.08. The fraction of sp³-hybridized carbons (Fsp3) is 0.471. The van der Waals surface area contributed by atoms with Crippen molar-refractivity contribution in [3.05, 3.63) is 53.1 Å². The van der Waals surface area contributed by atoms with E-state index in [1.54, 1.807) is 0 Å². The van der Waals surface area contributed by atoms with Crippen molar-refractivity contribution in [2.45, 2.75) is 38.6 Å². The Morgan fingerprint density at radius 1 is 1.25 bits per heavy atom. The second kappa shape index (κ2) is 5.80. The molecule has 1 aromatic carbocycles. The second-order valence-electron chi connectivity index (χ2n) is 5.65. The normalized spacial score (nSPS) is 18.0. The van der Waals surface area contributed by atoms with E-state index in [4.69, 9.17) is 0 Å². The van der Waals surface area contributed by atoms with Crippen molar-refractivity contribution < 1.29 is 0 Å². The van der Waals surface area contributed by atoms with Gasteiger partial charge in [0.15, 0.2) is 0 Å². The molecule has 20 heavy (non-hydrogen) atoms. The smallest absolute Gasteiger partial charge is 0.0949 e. The lowest BCUT2D eigenvalue weighted by Crippen LogP contribution is -2.31. The van der Waals surface area contributed by atoms with Crippen molar-refractivity contribution in [2.75, 3.05) is 6.54 Å². The van der Waals surface area contributed by atoms with E-state index in [2.05, 4.69) is 53.1 Å². The summed E-state index contributed by atoms with van der Waals surface area (Å²) < 4.78 is 2.17. The third-order valence-corrected chi connectivity index (χ3v) is 4.30. The molecule has 1 atom stereocenters. The molecule has 0 bridgehead atoms. The number of benzene rings is 1. The van der Waals surface area contributed by atoms with Gasteiger partial charge in [-0.1, -0.05) is 31.2 Å². The van der Waals surface area contributed by atoms with Crippen LogP contribution in [-0.2, 0) is 26.3 Å². The molecule has 106 valence electrons. The Morgan fingerprint density at radius 3 is 2.75 bits per heavy atom. The van der Waals surface area contributed by atoms with Crippen LogP contribution in [0, 0.1) is 0 Å². The highest BCUT2D eigenvalue weighted by molar-refractivity contribution is 5.24. The summed E-state index contributed by atoms with van der Waals surface area (Å²) in [5.74, 6) is 0. The van der Waals surface area contributed by atoms with Gasteiger partial charge in [0, 0.05) is 26.1 Å². The van der Waals surface area contributed by atoms with Gasteiger partial charge < -0.3 is 9.88 Å². The Bertz CT molecular complexity index is 568. The lowest BCUT2D eigenvalue weighted by atomic mass is 9.97. The average molecular weight is 269 g/mol. The van der Waals surface area contributed by atoms with Crippen LogP contribution < -0.4 is 5.32 Å². The molecular weight excluding hydrogens is 246 g/mol. The van der Waals surface area contributed by atoms with E-state index in [0.717, 1.165) is 32.2 Å². The molecule has 0 saturated heterocycles. The minimum Gasteiger partial charge on any atom is -0.336 e. The highest BCUT2D eigenvalue weighted by Gasteiger charge is 2.23. The number of nitrogens with one attached hydrogen (secondary N) is 1. The molecule has 3 nitrogen and oxygen atoms in total. The summed E-state index contributed by atoms with van der Waals surface area (Å²) >= 11 is 0. The van der Waals surface area contributed by atoms with Crippen LogP contribution >= 0.6 is 0 Å². The fourth-order valence-corrected chi connectivity index (χ4v) is 3.08. The number of hydrogen-bond donors (Lipinski definition) is 1. The summed E-state index contributed by atoms with van der Waals surface area (Å²) in [6.07, 6.45) is 6.37. The van der Waals surface area contributed by atoms with Crippen molar-refractivity contribution in [3.63, 3.8) is 0 Å². The first-order valence-electron chi connectivity index (χ1n) is 7.59. The Kier molecular flexibility index (Phi) is 3.88. The van der Waals surface area contributed by atoms with E-state index in [-0.39, 0.29) is 0 Å². The number of hydrogen-bond acceptors (Lipinski definition) is 2. The maximum Gasteiger partial charge on any atom is 0.0949 e. The molecule has 1 aromatic heterocycles. The zero-order valence-electron chi connectivity index (χ0n) is 12.4. The molecule has 1 unspecified atom stereocenters. The first kappa shape index (κ1) is 13.4. The van der Waals surface area contributed by atoms with E-state index in [1.165, 1.54) is 22.5 Å². The highest BCUT2D eigenvalue weighted by atomic mass is 15.1. The summed E-state index contributed by atoms with van der Waals surface area (Å²) in [6, 6.07) is 9.48. The van der Waals surface area contributed by atoms with Crippen LogP contribution in [-0.4, -0.2) is 16.1 Å². The monoisotopic (exact) mass is 269 g/mol. The van der Waals surface area contributed by atoms with Crippen LogP contribution in [0.3, 0.4) is 0 Å². The lowest BCUT2D eigenvalue weighted by molar-refractivity contribution is 0.451. The van der Waals surface area contributed by atoms with Gasteiger partial charge in [-0.05, 0) is 30.4 Å². The summed E-state index contributed by atoms with van der Waals surface area (Å²) in [6.45, 7) is 3.24. The van der Waals surface area contributed by atoms with E-state index < -0.39 is 0 Å². The highest BCUT2D eigenvalue weighted by Crippen LogP contribution is 2.25. The molecule has 0 radical (unpaired) electrons. The van der Waals surface area contributed by atoms with Crippen molar-refractivity contribution >= 4 is 0 Å². The molecule has 1 aliphatic rings. The SMILES string of the molecule is CCc1ccc(CCC2NCCc3ncn(C)c32)cc1. The largest absolute Gasteiger partial charge is 0.336 e. The Morgan fingerprint density at radius 2 is 2.00 bits per heavy atom. The number of aryl methyl sites for hydroxylation is 3. The van der Waals surface area contributed by atoms with Crippen LogP contribution in [0.15, 0.2) is 30.6 Å². The summed E-state index contributed by atoms with van der Waals surface area (Å²) in [7, 11) is 2.10. The van der Waals surface area contributed by atoms with Gasteiger partial charge in [-0.15, -0.1) is 0 Å². The predicted molar refractivity (Wildman–Crippen MR) is 81.8 cm³/mol. The van der Waals surface area contributed by atoms with Crippen LogP contribution in [0.5, 0.6) is 0 Å². The Balaban J connectivity index is 1.68. The predicted octanol–water partition coefficient (Wildman–Crippen LogP) is 2.80. The van der Waals surface area contributed by atoms with Gasteiger partial charge in [0.25, 0.3) is 0 Å². The maximum atomic E-state index is 4.51. The topological polar surface area (TPSA) is 29.9 Å². The van der Waals surface area contributed by atoms with Gasteiger partial charge >= 0.3 is 0 Å². The van der Waals surface area contributed by atoms with Crippen LogP contribution in [0.25, 0.3) is 0 Å². The number of fused-ring (bicyclic) bond motifs is 1. The molecule has 2 aromatic rings. The number of imidazole rings is 1. The van der Waals surface area contributed by atoms with Gasteiger partial charge in [-0.25, -0.2) is 4.98 Å².